The molecule has 6 heteroatoms. The summed E-state index contributed by atoms with van der Waals surface area (Å²) < 4.78 is 25.5. The molecule has 0 saturated carbocycles. The molecule has 1 aliphatic heterocycles. The van der Waals surface area contributed by atoms with E-state index < -0.39 is 10.0 Å². The zero-order valence-electron chi connectivity index (χ0n) is 17.5. The van der Waals surface area contributed by atoms with Crippen LogP contribution in [0.15, 0.2) is 41.0 Å². The molecule has 0 atom stereocenters. The fourth-order valence-electron chi connectivity index (χ4n) is 3.47. The highest BCUT2D eigenvalue weighted by Crippen LogP contribution is 2.20. The highest BCUT2D eigenvalue weighted by Gasteiger charge is 2.23. The third-order valence-electron chi connectivity index (χ3n) is 5.08. The zero-order chi connectivity index (χ0) is 20.2. The normalized spacial score (nSPS) is 14.9. The quantitative estimate of drug-likeness (QED) is 0.413. The van der Waals surface area contributed by atoms with Crippen molar-refractivity contribution in [3.8, 4) is 0 Å². The van der Waals surface area contributed by atoms with Crippen LogP contribution < -0.4 is 4.83 Å². The molecule has 0 fully saturated rings. The first-order chi connectivity index (χ1) is 13.5. The molecule has 1 aliphatic rings. The van der Waals surface area contributed by atoms with Crippen molar-refractivity contribution in [1.82, 2.24) is 10.0 Å². The van der Waals surface area contributed by atoms with Crippen LogP contribution in [0.4, 0.5) is 0 Å². The van der Waals surface area contributed by atoms with Crippen molar-refractivity contribution >= 4 is 10.0 Å². The number of hydrogen-bond acceptors (Lipinski definition) is 4. The summed E-state index contributed by atoms with van der Waals surface area (Å²) in [5.41, 5.74) is 0.874. The average Bonchev–Trinajstić information content (AvgIpc) is 3.07. The maximum Gasteiger partial charge on any atom is 0.256 e. The van der Waals surface area contributed by atoms with Crippen molar-refractivity contribution in [3.63, 3.8) is 0 Å². The van der Waals surface area contributed by atoms with Crippen LogP contribution in [0.25, 0.3) is 0 Å². The van der Waals surface area contributed by atoms with Gasteiger partial charge in [0, 0.05) is 0 Å². The summed E-state index contributed by atoms with van der Waals surface area (Å²) in [5.74, 6) is 0.696. The Morgan fingerprint density at radius 3 is 2.18 bits per heavy atom. The van der Waals surface area contributed by atoms with Crippen molar-refractivity contribution < 1.29 is 13.3 Å². The van der Waals surface area contributed by atoms with E-state index in [2.05, 4.69) is 11.8 Å². The van der Waals surface area contributed by atoms with E-state index in [4.69, 9.17) is 4.84 Å². The molecule has 0 amide bonds. The maximum absolute atomic E-state index is 12.7. The first kappa shape index (κ1) is 22.9. The zero-order valence-corrected chi connectivity index (χ0v) is 18.3. The van der Waals surface area contributed by atoms with Gasteiger partial charge in [0.05, 0.1) is 11.4 Å². The van der Waals surface area contributed by atoms with Crippen molar-refractivity contribution in [3.05, 3.63) is 41.7 Å². The Bertz CT molecular complexity index is 716. The van der Waals surface area contributed by atoms with Gasteiger partial charge in [-0.25, -0.2) is 8.42 Å². The Morgan fingerprint density at radius 2 is 1.57 bits per heavy atom. The second kappa shape index (κ2) is 12.2. The topological polar surface area (TPSA) is 58.6 Å². The van der Waals surface area contributed by atoms with E-state index in [9.17, 15) is 8.42 Å². The van der Waals surface area contributed by atoms with Crippen molar-refractivity contribution in [2.75, 3.05) is 6.54 Å². The van der Waals surface area contributed by atoms with Crippen LogP contribution >= 0.6 is 0 Å². The monoisotopic (exact) mass is 408 g/mol. The molecule has 0 saturated heterocycles. The van der Waals surface area contributed by atoms with Crippen LogP contribution in [-0.2, 0) is 21.3 Å². The van der Waals surface area contributed by atoms with E-state index in [-0.39, 0.29) is 0 Å². The summed E-state index contributed by atoms with van der Waals surface area (Å²) in [6.07, 6.45) is 15.4. The number of hydrazine groups is 1. The molecule has 0 spiro atoms. The molecule has 0 unspecified atom stereocenters. The minimum atomic E-state index is -3.64. The molecular formula is C22H36N2O3S. The van der Waals surface area contributed by atoms with Crippen molar-refractivity contribution in [1.29, 1.82) is 0 Å². The van der Waals surface area contributed by atoms with Gasteiger partial charge >= 0.3 is 0 Å². The Kier molecular flexibility index (Phi) is 10.0. The smallest absolute Gasteiger partial charge is 0.256 e. The highest BCUT2D eigenvalue weighted by atomic mass is 32.2. The van der Waals surface area contributed by atoms with Crippen LogP contribution in [0, 0.1) is 0 Å². The number of nitrogens with one attached hydrogen (secondary N) is 1. The van der Waals surface area contributed by atoms with Crippen molar-refractivity contribution in [2.45, 2.75) is 89.4 Å². The van der Waals surface area contributed by atoms with Gasteiger partial charge in [-0.2, -0.15) is 0 Å². The lowest BCUT2D eigenvalue weighted by Crippen LogP contribution is -2.39. The summed E-state index contributed by atoms with van der Waals surface area (Å²) in [6, 6.07) is 7.26. The molecule has 5 nitrogen and oxygen atoms in total. The van der Waals surface area contributed by atoms with Gasteiger partial charge in [-0.15, -0.1) is 4.83 Å². The second-order valence-corrected chi connectivity index (χ2v) is 9.23. The second-order valence-electron chi connectivity index (χ2n) is 7.60. The number of benzene rings is 1. The van der Waals surface area contributed by atoms with Gasteiger partial charge in [0.15, 0.2) is 0 Å². The molecular weight excluding hydrogens is 372 g/mol. The number of unbranched alkanes of at least 4 members (excludes halogenated alkanes) is 9. The first-order valence-electron chi connectivity index (χ1n) is 10.8. The van der Waals surface area contributed by atoms with Gasteiger partial charge in [0.2, 0.25) is 0 Å². The summed E-state index contributed by atoms with van der Waals surface area (Å²) >= 11 is 0. The number of allylic oxidation sites excluding steroid dienone is 1. The van der Waals surface area contributed by atoms with Gasteiger partial charge in [0.25, 0.3) is 10.0 Å². The molecule has 2 rings (SSSR count). The van der Waals surface area contributed by atoms with Crippen LogP contribution in [0.3, 0.4) is 0 Å². The third-order valence-corrected chi connectivity index (χ3v) is 6.50. The summed E-state index contributed by atoms with van der Waals surface area (Å²) in [7, 11) is -3.64. The number of rotatable bonds is 14. The molecule has 0 bridgehead atoms. The molecule has 158 valence electrons. The van der Waals surface area contributed by atoms with Crippen molar-refractivity contribution in [2.24, 2.45) is 0 Å². The standard InChI is InChI=1S/C22H36N2O3S/c1-3-4-5-6-7-8-9-10-11-12-15-21-16-13-14-17-22(21)28(25,26)23-24-19-18-20(2)27-24/h13-14,16-18,23H,3-12,15,19H2,1-2H3. The molecule has 28 heavy (non-hydrogen) atoms. The maximum atomic E-state index is 12.7. The number of hydroxylamine groups is 1. The van der Waals surface area contributed by atoms with E-state index in [1.54, 1.807) is 19.1 Å². The summed E-state index contributed by atoms with van der Waals surface area (Å²) in [4.78, 5) is 8.19. The summed E-state index contributed by atoms with van der Waals surface area (Å²) in [6.45, 7) is 4.46. The van der Waals surface area contributed by atoms with Crippen LogP contribution in [0.2, 0.25) is 0 Å². The van der Waals surface area contributed by atoms with Crippen LogP contribution in [-0.4, -0.2) is 20.1 Å². The molecule has 1 N–H and O–H groups in total. The van der Waals surface area contributed by atoms with Crippen LogP contribution in [0.5, 0.6) is 0 Å². The minimum Gasteiger partial charge on any atom is -0.395 e. The number of hydrogen-bond donors (Lipinski definition) is 1. The molecule has 0 aromatic heterocycles. The van der Waals surface area contributed by atoms with Gasteiger partial charge in [-0.3, -0.25) is 0 Å². The van der Waals surface area contributed by atoms with E-state index in [0.29, 0.717) is 17.2 Å². The van der Waals surface area contributed by atoms with Gasteiger partial charge < -0.3 is 4.84 Å². The van der Waals surface area contributed by atoms with Crippen LogP contribution in [0.1, 0.15) is 83.6 Å². The Hall–Kier alpha value is -1.37. The SMILES string of the molecule is CCCCCCCCCCCCc1ccccc1S(=O)(=O)NN1CC=C(C)O1. The molecule has 1 aromatic carbocycles. The minimum absolute atomic E-state index is 0.346. The molecule has 1 aromatic rings. The number of nitrogens with zero attached hydrogens (tertiary/aromatic N) is 1. The van der Waals surface area contributed by atoms with Gasteiger partial charge in [0.1, 0.15) is 5.76 Å². The van der Waals surface area contributed by atoms with E-state index in [1.165, 1.54) is 56.5 Å². The van der Waals surface area contributed by atoms with Gasteiger partial charge in [-0.1, -0.05) is 88.1 Å². The largest absolute Gasteiger partial charge is 0.395 e. The van der Waals surface area contributed by atoms with E-state index in [0.717, 1.165) is 24.8 Å². The predicted molar refractivity (Wildman–Crippen MR) is 114 cm³/mol. The Labute approximate surface area is 171 Å². The molecule has 0 aliphatic carbocycles. The van der Waals surface area contributed by atoms with E-state index >= 15 is 0 Å². The fourth-order valence-corrected chi connectivity index (χ4v) is 4.73. The predicted octanol–water partition coefficient (Wildman–Crippen LogP) is 5.49. The Morgan fingerprint density at radius 1 is 0.964 bits per heavy atom. The van der Waals surface area contributed by atoms with Gasteiger partial charge in [-0.05, 0) is 37.5 Å². The summed E-state index contributed by atoms with van der Waals surface area (Å²) in [5, 5.41) is 1.25. The molecule has 1 heterocycles. The fraction of sp³-hybridized carbons (Fsp3) is 0.636. The average molecular weight is 409 g/mol. The lowest BCUT2D eigenvalue weighted by Gasteiger charge is -2.18. The number of sulfonamides is 1. The first-order valence-corrected chi connectivity index (χ1v) is 12.2. The third kappa shape index (κ3) is 7.94. The molecule has 0 radical (unpaired) electrons. The lowest BCUT2D eigenvalue weighted by molar-refractivity contribution is -0.111. The Balaban J connectivity index is 1.73. The highest BCUT2D eigenvalue weighted by molar-refractivity contribution is 7.89. The number of aryl methyl sites for hydroxylation is 1. The lowest BCUT2D eigenvalue weighted by atomic mass is 10.0. The van der Waals surface area contributed by atoms with E-state index in [1.807, 2.05) is 18.2 Å².